The molecule has 0 aliphatic heterocycles. The number of amidine groups is 1. The number of aromatic hydroxyl groups is 2. The molecule has 0 saturated heterocycles. The Labute approximate surface area is 227 Å². The minimum absolute atomic E-state index is 0. The van der Waals surface area contributed by atoms with Gasteiger partial charge in [-0.05, 0) is 72.8 Å². The van der Waals surface area contributed by atoms with E-state index in [1.807, 2.05) is 41.3 Å². The van der Waals surface area contributed by atoms with Crippen molar-refractivity contribution in [3.63, 3.8) is 0 Å². The van der Waals surface area contributed by atoms with Gasteiger partial charge in [-0.25, -0.2) is 4.99 Å². The van der Waals surface area contributed by atoms with Crippen molar-refractivity contribution >= 4 is 35.3 Å². The van der Waals surface area contributed by atoms with Crippen LogP contribution in [0.1, 0.15) is 5.56 Å². The maximum absolute atomic E-state index is 9.95. The summed E-state index contributed by atoms with van der Waals surface area (Å²) in [5.41, 5.74) is 2.68. The van der Waals surface area contributed by atoms with Crippen LogP contribution >= 0.6 is 12.4 Å². The molecule has 2 N–H and O–H groups in total. The van der Waals surface area contributed by atoms with Crippen LogP contribution in [-0.4, -0.2) is 44.5 Å². The zero-order chi connectivity index (χ0) is 26.4. The number of phenolic OH excluding ortho intramolecular Hbond substituents is 2. The summed E-state index contributed by atoms with van der Waals surface area (Å²) in [7, 11) is 6.24. The number of phenols is 2. The van der Waals surface area contributed by atoms with Crippen LogP contribution in [0.25, 0.3) is 0 Å². The first-order valence-corrected chi connectivity index (χ1v) is 11.4. The predicted octanol–water partition coefficient (Wildman–Crippen LogP) is 6.47. The number of rotatable bonds is 8. The van der Waals surface area contributed by atoms with E-state index in [-0.39, 0.29) is 23.9 Å². The highest BCUT2D eigenvalue weighted by atomic mass is 35.5. The number of aliphatic imine (C=N–C) groups is 1. The summed E-state index contributed by atoms with van der Waals surface area (Å²) in [4.78, 5) is 6.94. The molecule has 4 rings (SSSR count). The number of ether oxygens (including phenoxy) is 4. The number of methoxy groups -OCH3 is 4. The zero-order valence-corrected chi connectivity index (χ0v) is 22.2. The van der Waals surface area contributed by atoms with Crippen LogP contribution < -0.4 is 23.8 Å². The lowest BCUT2D eigenvalue weighted by Crippen LogP contribution is -2.27. The summed E-state index contributed by atoms with van der Waals surface area (Å²) >= 11 is 0. The van der Waals surface area contributed by atoms with Crippen molar-refractivity contribution in [3.8, 4) is 34.5 Å². The van der Waals surface area contributed by atoms with Gasteiger partial charge in [0.1, 0.15) is 28.8 Å². The molecular weight excluding hydrogens is 508 g/mol. The highest BCUT2D eigenvalue weighted by Crippen LogP contribution is 2.41. The lowest BCUT2D eigenvalue weighted by molar-refractivity contribution is 0.324. The summed E-state index contributed by atoms with van der Waals surface area (Å²) in [5.74, 6) is 2.72. The van der Waals surface area contributed by atoms with Gasteiger partial charge in [-0.15, -0.1) is 12.4 Å². The van der Waals surface area contributed by atoms with Crippen molar-refractivity contribution in [1.82, 2.24) is 0 Å². The molecule has 0 amide bonds. The standard InChI is InChI=1S/C29H28N2O6.ClH/c1-34-25-8-6-5-7-24(25)30-29(19-17-26(35-2)28(37-4)27(18-19)36-3)31(20-9-13-22(32)14-10-20)21-11-15-23(33)16-12-21;/h5-18,32-33H,1-4H3;1H. The third kappa shape index (κ3) is 5.87. The van der Waals surface area contributed by atoms with E-state index in [0.29, 0.717) is 51.5 Å². The van der Waals surface area contributed by atoms with Crippen LogP contribution in [0.4, 0.5) is 17.1 Å². The van der Waals surface area contributed by atoms with E-state index in [1.165, 1.54) is 0 Å². The van der Waals surface area contributed by atoms with E-state index in [9.17, 15) is 10.2 Å². The minimum atomic E-state index is 0. The quantitative estimate of drug-likeness (QED) is 0.197. The van der Waals surface area contributed by atoms with Crippen LogP contribution in [0.2, 0.25) is 0 Å². The third-order valence-electron chi connectivity index (χ3n) is 5.66. The maximum Gasteiger partial charge on any atom is 0.203 e. The second kappa shape index (κ2) is 12.6. The second-order valence-electron chi connectivity index (χ2n) is 7.89. The third-order valence-corrected chi connectivity index (χ3v) is 5.66. The number of halogens is 1. The summed E-state index contributed by atoms with van der Waals surface area (Å²) in [6.45, 7) is 0. The Bertz CT molecular complexity index is 1320. The van der Waals surface area contributed by atoms with E-state index in [0.717, 1.165) is 0 Å². The summed E-state index contributed by atoms with van der Waals surface area (Å²) in [5, 5.41) is 19.9. The number of nitrogens with zero attached hydrogens (tertiary/aromatic N) is 2. The maximum atomic E-state index is 9.95. The van der Waals surface area contributed by atoms with Gasteiger partial charge in [0.05, 0.1) is 28.4 Å². The van der Waals surface area contributed by atoms with E-state index < -0.39 is 0 Å². The van der Waals surface area contributed by atoms with Crippen molar-refractivity contribution in [1.29, 1.82) is 0 Å². The van der Waals surface area contributed by atoms with Gasteiger partial charge in [-0.3, -0.25) is 4.90 Å². The highest BCUT2D eigenvalue weighted by molar-refractivity contribution is 6.16. The Morgan fingerprint density at radius 1 is 0.632 bits per heavy atom. The molecular formula is C29H29ClN2O6. The van der Waals surface area contributed by atoms with Crippen LogP contribution in [0.15, 0.2) is 89.9 Å². The Hall–Kier alpha value is -4.56. The van der Waals surface area contributed by atoms with Crippen LogP contribution in [-0.2, 0) is 0 Å². The van der Waals surface area contributed by atoms with Crippen molar-refractivity contribution < 1.29 is 29.2 Å². The molecule has 0 aromatic heterocycles. The first kappa shape index (κ1) is 28.0. The van der Waals surface area contributed by atoms with Gasteiger partial charge in [-0.1, -0.05) is 12.1 Å². The Kier molecular flexibility index (Phi) is 9.29. The number of para-hydroxylation sites is 2. The Balaban J connectivity index is 0.00000400. The number of anilines is 2. The molecule has 0 aliphatic carbocycles. The van der Waals surface area contributed by atoms with E-state index in [1.54, 1.807) is 77.0 Å². The molecule has 0 fully saturated rings. The summed E-state index contributed by atoms with van der Waals surface area (Å²) < 4.78 is 22.3. The monoisotopic (exact) mass is 536 g/mol. The van der Waals surface area contributed by atoms with Crippen LogP contribution in [0.3, 0.4) is 0 Å². The normalized spacial score (nSPS) is 10.8. The average Bonchev–Trinajstić information content (AvgIpc) is 2.93. The predicted molar refractivity (Wildman–Crippen MR) is 151 cm³/mol. The molecule has 0 atom stereocenters. The smallest absolute Gasteiger partial charge is 0.203 e. The zero-order valence-electron chi connectivity index (χ0n) is 21.4. The Morgan fingerprint density at radius 2 is 1.11 bits per heavy atom. The number of hydrogen-bond acceptors (Lipinski definition) is 7. The van der Waals surface area contributed by atoms with Crippen LogP contribution in [0, 0.1) is 0 Å². The summed E-state index contributed by atoms with van der Waals surface area (Å²) in [6.07, 6.45) is 0. The molecule has 4 aromatic rings. The van der Waals surface area contributed by atoms with Gasteiger partial charge in [0.2, 0.25) is 5.75 Å². The lowest BCUT2D eigenvalue weighted by atomic mass is 10.1. The fourth-order valence-electron chi connectivity index (χ4n) is 3.89. The topological polar surface area (TPSA) is 93.0 Å². The molecule has 0 unspecified atom stereocenters. The van der Waals surface area contributed by atoms with E-state index >= 15 is 0 Å². The van der Waals surface area contributed by atoms with Crippen molar-refractivity contribution in [2.75, 3.05) is 33.3 Å². The fourth-order valence-corrected chi connectivity index (χ4v) is 3.89. The van der Waals surface area contributed by atoms with Crippen LogP contribution in [0.5, 0.6) is 34.5 Å². The molecule has 0 bridgehead atoms. The number of benzene rings is 4. The molecule has 8 nitrogen and oxygen atoms in total. The molecule has 0 saturated carbocycles. The molecule has 198 valence electrons. The first-order valence-electron chi connectivity index (χ1n) is 11.4. The van der Waals surface area contributed by atoms with Gasteiger partial charge in [0.15, 0.2) is 11.5 Å². The van der Waals surface area contributed by atoms with E-state index in [2.05, 4.69) is 0 Å². The second-order valence-corrected chi connectivity index (χ2v) is 7.89. The molecule has 38 heavy (non-hydrogen) atoms. The van der Waals surface area contributed by atoms with Crippen molar-refractivity contribution in [3.05, 3.63) is 90.5 Å². The van der Waals surface area contributed by atoms with E-state index in [4.69, 9.17) is 23.9 Å². The first-order chi connectivity index (χ1) is 18.0. The van der Waals surface area contributed by atoms with Gasteiger partial charge in [0, 0.05) is 16.9 Å². The largest absolute Gasteiger partial charge is 0.508 e. The number of hydrogen-bond donors (Lipinski definition) is 2. The summed E-state index contributed by atoms with van der Waals surface area (Å²) in [6, 6.07) is 24.5. The molecule has 4 aromatic carbocycles. The van der Waals surface area contributed by atoms with Crippen molar-refractivity contribution in [2.24, 2.45) is 4.99 Å². The molecule has 0 spiro atoms. The Morgan fingerprint density at radius 3 is 1.55 bits per heavy atom. The van der Waals surface area contributed by atoms with Gasteiger partial charge in [-0.2, -0.15) is 0 Å². The molecule has 0 heterocycles. The van der Waals surface area contributed by atoms with Crippen molar-refractivity contribution in [2.45, 2.75) is 0 Å². The highest BCUT2D eigenvalue weighted by Gasteiger charge is 2.23. The average molecular weight is 537 g/mol. The molecule has 0 aliphatic rings. The lowest BCUT2D eigenvalue weighted by Gasteiger charge is -2.28. The van der Waals surface area contributed by atoms with Gasteiger partial charge < -0.3 is 29.2 Å². The fraction of sp³-hybridized carbons (Fsp3) is 0.138. The molecule has 0 radical (unpaired) electrons. The SMILES string of the molecule is COc1ccccc1N=C(c1cc(OC)c(OC)c(OC)c1)N(c1ccc(O)cc1)c1ccc(O)cc1.Cl. The molecule has 9 heteroatoms. The van der Waals surface area contributed by atoms with Gasteiger partial charge >= 0.3 is 0 Å². The minimum Gasteiger partial charge on any atom is -0.508 e. The van der Waals surface area contributed by atoms with Gasteiger partial charge in [0.25, 0.3) is 0 Å².